The van der Waals surface area contributed by atoms with E-state index in [0.29, 0.717) is 12.8 Å². The third-order valence-corrected chi connectivity index (χ3v) is 6.94. The molecule has 2 atom stereocenters. The van der Waals surface area contributed by atoms with Gasteiger partial charge < -0.3 is 0 Å². The maximum Gasteiger partial charge on any atom is 0.337 e. The zero-order chi connectivity index (χ0) is 21.3. The Morgan fingerprint density at radius 1 is 1.07 bits per heavy atom. The van der Waals surface area contributed by atoms with Crippen molar-refractivity contribution >= 4 is 81.5 Å². The molecule has 29 heavy (non-hydrogen) atoms. The molecule has 11 heteroatoms. The maximum absolute atomic E-state index is 14.5. The number of hydrogen-bond donors (Lipinski definition) is 0. The number of urea groups is 1. The van der Waals surface area contributed by atoms with Crippen molar-refractivity contribution in [1.82, 2.24) is 4.90 Å². The molecule has 1 heterocycles. The number of alkyl halides is 5. The summed E-state index contributed by atoms with van der Waals surface area (Å²) in [5.41, 5.74) is -1.47. The van der Waals surface area contributed by atoms with Crippen LogP contribution in [0.2, 0.25) is 0 Å². The molecule has 0 N–H and O–H groups in total. The van der Waals surface area contributed by atoms with Crippen LogP contribution in [0.5, 0.6) is 0 Å². The van der Waals surface area contributed by atoms with E-state index < -0.39 is 32.4 Å². The minimum atomic E-state index is -1.96. The molecule has 1 aliphatic carbocycles. The molecule has 2 unspecified atom stereocenters. The van der Waals surface area contributed by atoms with Crippen LogP contribution in [0.4, 0.5) is 14.9 Å². The van der Waals surface area contributed by atoms with E-state index in [4.69, 9.17) is 58.0 Å². The van der Waals surface area contributed by atoms with E-state index in [1.54, 1.807) is 6.07 Å². The van der Waals surface area contributed by atoms with Crippen LogP contribution in [-0.2, 0) is 4.79 Å². The number of amides is 3. The fraction of sp³-hybridized carbons (Fsp3) is 0.500. The highest BCUT2D eigenvalue weighted by atomic mass is 35.6. The van der Waals surface area contributed by atoms with Gasteiger partial charge in [0.05, 0.1) is 5.69 Å². The second-order valence-corrected chi connectivity index (χ2v) is 10.1. The van der Waals surface area contributed by atoms with Crippen LogP contribution < -0.4 is 4.90 Å². The van der Waals surface area contributed by atoms with Crippen molar-refractivity contribution in [2.24, 2.45) is 4.99 Å². The number of carbonyl (C=O) groups is 2. The molecule has 0 spiro atoms. The Morgan fingerprint density at radius 3 is 2.28 bits per heavy atom. The molecule has 0 bridgehead atoms. The van der Waals surface area contributed by atoms with Crippen molar-refractivity contribution in [2.45, 2.75) is 52.8 Å². The van der Waals surface area contributed by atoms with Crippen molar-refractivity contribution in [3.05, 3.63) is 30.1 Å². The summed E-state index contributed by atoms with van der Waals surface area (Å²) in [5.74, 6) is -1.73. The lowest BCUT2D eigenvalue weighted by molar-refractivity contribution is -0.122. The van der Waals surface area contributed by atoms with Crippen molar-refractivity contribution < 1.29 is 14.0 Å². The van der Waals surface area contributed by atoms with Gasteiger partial charge in [0.25, 0.3) is 5.91 Å². The predicted molar refractivity (Wildman–Crippen MR) is 115 cm³/mol. The average Bonchev–Trinajstić information content (AvgIpc) is 2.91. The molecule has 1 saturated heterocycles. The third-order valence-electron chi connectivity index (χ3n) is 4.85. The summed E-state index contributed by atoms with van der Waals surface area (Å²) in [5, 5.41) is -1.30. The zero-order valence-electron chi connectivity index (χ0n) is 15.0. The van der Waals surface area contributed by atoms with Crippen LogP contribution in [0.3, 0.4) is 0 Å². The van der Waals surface area contributed by atoms with Crippen molar-refractivity contribution in [1.29, 1.82) is 0 Å². The number of hydrogen-bond acceptors (Lipinski definition) is 3. The summed E-state index contributed by atoms with van der Waals surface area (Å²) < 4.78 is 12.5. The molecule has 0 aromatic heterocycles. The quantitative estimate of drug-likeness (QED) is 0.293. The number of anilines is 1. The van der Waals surface area contributed by atoms with Gasteiger partial charge in [0.2, 0.25) is 9.63 Å². The van der Waals surface area contributed by atoms with Gasteiger partial charge >= 0.3 is 6.03 Å². The monoisotopic (exact) mass is 501 g/mol. The van der Waals surface area contributed by atoms with E-state index in [9.17, 15) is 14.0 Å². The molecule has 3 amide bonds. The van der Waals surface area contributed by atoms with Gasteiger partial charge in [-0.05, 0) is 25.0 Å². The fourth-order valence-corrected chi connectivity index (χ4v) is 4.34. The number of carbonyl (C=O) groups excluding carboxylic acids is 2. The standard InChI is InChI=1S/C18H17Cl5FN3O2/c19-13(18(21,22)23)14(20)25-15-16(28)26(10-6-2-1-3-7-10)17(29)27(15)12-9-5-4-8-11(12)24/h4-5,8-10,13-14H,1-3,6-7H2. The number of halogens is 6. The summed E-state index contributed by atoms with van der Waals surface area (Å²) in [4.78, 5) is 32.4. The smallest absolute Gasteiger partial charge is 0.265 e. The second-order valence-electron chi connectivity index (χ2n) is 6.81. The molecule has 5 nitrogen and oxygen atoms in total. The lowest BCUT2D eigenvalue weighted by atomic mass is 9.94. The highest BCUT2D eigenvalue weighted by molar-refractivity contribution is 6.70. The van der Waals surface area contributed by atoms with E-state index >= 15 is 0 Å². The molecule has 3 rings (SSSR count). The highest BCUT2D eigenvalue weighted by Gasteiger charge is 2.48. The van der Waals surface area contributed by atoms with Crippen LogP contribution in [0.15, 0.2) is 29.3 Å². The Morgan fingerprint density at radius 2 is 1.69 bits per heavy atom. The number of imide groups is 1. The zero-order valence-corrected chi connectivity index (χ0v) is 18.8. The summed E-state index contributed by atoms with van der Waals surface area (Å²) in [7, 11) is 0. The lowest BCUT2D eigenvalue weighted by Crippen LogP contribution is -2.42. The minimum absolute atomic E-state index is 0.119. The molecule has 0 radical (unpaired) electrons. The lowest BCUT2D eigenvalue weighted by Gasteiger charge is -2.28. The van der Waals surface area contributed by atoms with Crippen molar-refractivity contribution in [2.75, 3.05) is 4.90 Å². The number of benzene rings is 1. The number of amidine groups is 1. The Hall–Kier alpha value is -0.790. The highest BCUT2D eigenvalue weighted by Crippen LogP contribution is 2.38. The molecular weight excluding hydrogens is 486 g/mol. The molecule has 158 valence electrons. The third kappa shape index (κ3) is 4.77. The van der Waals surface area contributed by atoms with Gasteiger partial charge in [0.15, 0.2) is 0 Å². The Labute approximate surface area is 192 Å². The van der Waals surface area contributed by atoms with Gasteiger partial charge in [0.1, 0.15) is 16.7 Å². The van der Waals surface area contributed by atoms with Crippen LogP contribution in [0, 0.1) is 5.82 Å². The minimum Gasteiger partial charge on any atom is -0.265 e. The van der Waals surface area contributed by atoms with Gasteiger partial charge in [-0.25, -0.2) is 19.1 Å². The number of rotatable bonds is 4. The van der Waals surface area contributed by atoms with E-state index in [0.717, 1.165) is 29.1 Å². The summed E-state index contributed by atoms with van der Waals surface area (Å²) in [6.07, 6.45) is 4.16. The topological polar surface area (TPSA) is 53.0 Å². The molecule has 2 fully saturated rings. The molecule has 1 saturated carbocycles. The van der Waals surface area contributed by atoms with Gasteiger partial charge in [-0.1, -0.05) is 77.8 Å². The largest absolute Gasteiger partial charge is 0.337 e. The van der Waals surface area contributed by atoms with Crippen molar-refractivity contribution in [3.63, 3.8) is 0 Å². The average molecular weight is 504 g/mol. The first-order valence-electron chi connectivity index (χ1n) is 8.97. The van der Waals surface area contributed by atoms with Crippen LogP contribution in [0.25, 0.3) is 0 Å². The van der Waals surface area contributed by atoms with E-state index in [1.807, 2.05) is 0 Å². The van der Waals surface area contributed by atoms with Crippen LogP contribution >= 0.6 is 58.0 Å². The van der Waals surface area contributed by atoms with E-state index in [-0.39, 0.29) is 17.6 Å². The molecule has 2 aliphatic rings. The van der Waals surface area contributed by atoms with E-state index in [2.05, 4.69) is 4.99 Å². The van der Waals surface area contributed by atoms with Gasteiger partial charge in [-0.15, -0.1) is 11.6 Å². The summed E-state index contributed by atoms with van der Waals surface area (Å²) in [6.45, 7) is 0. The first-order valence-corrected chi connectivity index (χ1v) is 11.0. The van der Waals surface area contributed by atoms with E-state index in [1.165, 1.54) is 18.2 Å². The van der Waals surface area contributed by atoms with Gasteiger partial charge in [-0.2, -0.15) is 0 Å². The van der Waals surface area contributed by atoms with Crippen LogP contribution in [-0.4, -0.2) is 43.4 Å². The molecule has 1 aliphatic heterocycles. The van der Waals surface area contributed by atoms with Gasteiger partial charge in [0, 0.05) is 6.04 Å². The van der Waals surface area contributed by atoms with Crippen LogP contribution in [0.1, 0.15) is 32.1 Å². The number of aliphatic imine (C=N–C) groups is 1. The SMILES string of the molecule is O=C1C(=NC(Cl)C(Cl)C(Cl)(Cl)Cl)N(c2ccccc2F)C(=O)N1C1CCCCC1. The Kier molecular flexibility index (Phi) is 7.22. The Balaban J connectivity index is 2.04. The normalized spacial score (nSPS) is 22.5. The summed E-state index contributed by atoms with van der Waals surface area (Å²) >= 11 is 29.5. The fourth-order valence-electron chi connectivity index (χ4n) is 3.45. The van der Waals surface area contributed by atoms with Gasteiger partial charge in [-0.3, -0.25) is 9.69 Å². The molecule has 1 aromatic rings. The first-order chi connectivity index (χ1) is 13.6. The molecule has 1 aromatic carbocycles. The maximum atomic E-state index is 14.5. The van der Waals surface area contributed by atoms with Crippen molar-refractivity contribution in [3.8, 4) is 0 Å². The Bertz CT molecular complexity index is 826. The predicted octanol–water partition coefficient (Wildman–Crippen LogP) is 5.87. The first kappa shape index (κ1) is 22.9. The number of nitrogens with zero attached hydrogens (tertiary/aromatic N) is 3. The molecular formula is C18H17Cl5FN3O2. The second kappa shape index (κ2) is 9.15. The number of para-hydroxylation sites is 1. The summed E-state index contributed by atoms with van der Waals surface area (Å²) in [6, 6.07) is 4.59.